The summed E-state index contributed by atoms with van der Waals surface area (Å²) in [4.78, 5) is 3.96. The molecule has 0 atom stereocenters. The van der Waals surface area contributed by atoms with E-state index in [4.69, 9.17) is 10.6 Å². The minimum atomic E-state index is -0.779. The van der Waals surface area contributed by atoms with Crippen molar-refractivity contribution in [2.45, 2.75) is 0 Å². The Hall–Kier alpha value is 0.874. The molecule has 0 aromatic carbocycles. The van der Waals surface area contributed by atoms with Crippen molar-refractivity contribution in [2.75, 3.05) is 33.3 Å². The molecule has 0 aliphatic heterocycles. The van der Waals surface area contributed by atoms with Crippen molar-refractivity contribution in [2.24, 2.45) is 0 Å². The first-order valence-electron chi connectivity index (χ1n) is 2.91. The molecule has 65 valence electrons. The van der Waals surface area contributed by atoms with Crippen molar-refractivity contribution in [3.05, 3.63) is 5.90 Å². The van der Waals surface area contributed by atoms with Gasteiger partial charge in [-0.15, -0.1) is 0 Å². The largest absolute Gasteiger partial charge is 0.549 e. The van der Waals surface area contributed by atoms with E-state index in [2.05, 4.69) is 9.57 Å². The van der Waals surface area contributed by atoms with Crippen molar-refractivity contribution in [1.82, 2.24) is 0 Å². The summed E-state index contributed by atoms with van der Waals surface area (Å²) in [5, 5.41) is 0. The van der Waals surface area contributed by atoms with Crippen LogP contribution in [0.3, 0.4) is 0 Å². The summed E-state index contributed by atoms with van der Waals surface area (Å²) >= 11 is 0. The first-order valence-corrected chi connectivity index (χ1v) is 2.91. The van der Waals surface area contributed by atoms with Crippen molar-refractivity contribution >= 4 is 0 Å². The molecular formula is C5H11FNO3Y-. The molecule has 0 aromatic heterocycles. The Labute approximate surface area is 90.4 Å². The normalized spacial score (nSPS) is 9.27. The van der Waals surface area contributed by atoms with Gasteiger partial charge in [-0.2, -0.15) is 0 Å². The summed E-state index contributed by atoms with van der Waals surface area (Å²) < 4.78 is 20.4. The van der Waals surface area contributed by atoms with E-state index >= 15 is 0 Å². The molecule has 0 saturated heterocycles. The molecule has 0 rings (SSSR count). The van der Waals surface area contributed by atoms with E-state index in [0.29, 0.717) is 13.2 Å². The van der Waals surface area contributed by atoms with E-state index in [9.17, 15) is 4.39 Å². The van der Waals surface area contributed by atoms with E-state index < -0.39 is 6.86 Å². The number of hydrogen-bond donors (Lipinski definition) is 0. The van der Waals surface area contributed by atoms with Crippen LogP contribution in [0.5, 0.6) is 0 Å². The maximum atomic E-state index is 11.2. The first-order chi connectivity index (χ1) is 4.91. The number of nitrogens with one attached hydrogen (secondary N) is 1. The third kappa shape index (κ3) is 13.8. The Morgan fingerprint density at radius 1 is 1.00 bits per heavy atom. The standard InChI is InChI=1S/C5H11FNO3.Y/c6-5-9-2-1-8-3-4-10-7;/h7H,1-5H2;/q-1;/i6-1;. The number of alkyl halides is 1. The Morgan fingerprint density at radius 3 is 2.09 bits per heavy atom. The second-order valence-electron chi connectivity index (χ2n) is 1.48. The molecule has 0 spiro atoms. The minimum absolute atomic E-state index is 0. The summed E-state index contributed by atoms with van der Waals surface area (Å²) in [6.07, 6.45) is 0. The van der Waals surface area contributed by atoms with Gasteiger partial charge in [0.25, 0.3) is 0 Å². The quantitative estimate of drug-likeness (QED) is 0.491. The molecular weight excluding hydrogens is 229 g/mol. The monoisotopic (exact) mass is 240 g/mol. The van der Waals surface area contributed by atoms with Gasteiger partial charge < -0.3 is 20.2 Å². The molecule has 1 radical (unpaired) electrons. The zero-order valence-corrected chi connectivity index (χ0v) is 9.05. The number of hydrogen-bond acceptors (Lipinski definition) is 3. The summed E-state index contributed by atoms with van der Waals surface area (Å²) in [5.41, 5.74) is 0. The smallest absolute Gasteiger partial charge is 0.188 e. The first kappa shape index (κ1) is 14.4. The molecule has 0 unspecified atom stereocenters. The van der Waals surface area contributed by atoms with Crippen LogP contribution >= 0.6 is 0 Å². The van der Waals surface area contributed by atoms with Gasteiger partial charge in [0.1, 0.15) is 0 Å². The fourth-order valence-corrected chi connectivity index (χ4v) is 0.375. The van der Waals surface area contributed by atoms with Crippen LogP contribution < -0.4 is 0 Å². The molecule has 0 fully saturated rings. The van der Waals surface area contributed by atoms with Crippen LogP contribution in [0.25, 0.3) is 5.90 Å². The Balaban J connectivity index is 0. The van der Waals surface area contributed by atoms with Crippen LogP contribution in [0.4, 0.5) is 4.39 Å². The Kier molecular flexibility index (Phi) is 17.6. The van der Waals surface area contributed by atoms with Crippen molar-refractivity contribution in [1.29, 1.82) is 0 Å². The summed E-state index contributed by atoms with van der Waals surface area (Å²) in [7, 11) is 0. The molecule has 0 bridgehead atoms. The predicted octanol–water partition coefficient (Wildman–Crippen LogP) is 0.928. The van der Waals surface area contributed by atoms with Gasteiger partial charge in [0.2, 0.25) is 0 Å². The van der Waals surface area contributed by atoms with Gasteiger partial charge in [0, 0.05) is 39.3 Å². The average Bonchev–Trinajstić information content (AvgIpc) is 1.97. The van der Waals surface area contributed by atoms with E-state index in [0.717, 1.165) is 0 Å². The van der Waals surface area contributed by atoms with Gasteiger partial charge >= 0.3 is 0 Å². The van der Waals surface area contributed by atoms with E-state index in [1.807, 2.05) is 0 Å². The third-order valence-corrected chi connectivity index (χ3v) is 0.779. The van der Waals surface area contributed by atoms with Crippen LogP contribution in [0, 0.1) is 0 Å². The van der Waals surface area contributed by atoms with Crippen LogP contribution in [0.1, 0.15) is 0 Å². The van der Waals surface area contributed by atoms with Crippen LogP contribution in [-0.4, -0.2) is 33.3 Å². The maximum absolute atomic E-state index is 11.2. The fraction of sp³-hybridized carbons (Fsp3) is 1.00. The SMILES string of the molecule is [NH-]OCCOCCOC[18F].[Y]. The molecule has 0 saturated carbocycles. The van der Waals surface area contributed by atoms with Crippen molar-refractivity contribution in [3.8, 4) is 0 Å². The zero-order valence-electron chi connectivity index (χ0n) is 6.22. The molecule has 11 heavy (non-hydrogen) atoms. The predicted molar refractivity (Wildman–Crippen MR) is 33.0 cm³/mol. The van der Waals surface area contributed by atoms with Gasteiger partial charge in [-0.25, -0.2) is 4.39 Å². The number of halogens is 1. The van der Waals surface area contributed by atoms with E-state index in [1.54, 1.807) is 0 Å². The van der Waals surface area contributed by atoms with Crippen molar-refractivity contribution < 1.29 is 51.4 Å². The van der Waals surface area contributed by atoms with Gasteiger partial charge in [-0.3, -0.25) is 0 Å². The van der Waals surface area contributed by atoms with Gasteiger partial charge in [0.15, 0.2) is 6.86 Å². The minimum Gasteiger partial charge on any atom is -0.549 e. The van der Waals surface area contributed by atoms with E-state index in [-0.39, 0.29) is 45.9 Å². The van der Waals surface area contributed by atoms with Crippen molar-refractivity contribution in [3.63, 3.8) is 0 Å². The molecule has 1 N–H and O–H groups in total. The number of rotatable bonds is 7. The fourth-order valence-electron chi connectivity index (χ4n) is 0.375. The van der Waals surface area contributed by atoms with E-state index in [1.165, 1.54) is 0 Å². The molecule has 0 aliphatic rings. The van der Waals surface area contributed by atoms with Gasteiger partial charge in [-0.1, -0.05) is 0 Å². The molecule has 0 aromatic rings. The van der Waals surface area contributed by atoms with Gasteiger partial charge in [0.05, 0.1) is 19.8 Å². The summed E-state index contributed by atoms with van der Waals surface area (Å²) in [5.74, 6) is 6.25. The summed E-state index contributed by atoms with van der Waals surface area (Å²) in [6, 6.07) is 0. The van der Waals surface area contributed by atoms with Crippen LogP contribution in [0.2, 0.25) is 0 Å². The molecule has 6 heteroatoms. The topological polar surface area (TPSA) is 51.5 Å². The molecule has 4 nitrogen and oxygen atoms in total. The molecule has 0 aliphatic carbocycles. The zero-order chi connectivity index (χ0) is 7.66. The Bertz CT molecular complexity index is 61.7. The number of ether oxygens (including phenoxy) is 2. The second-order valence-corrected chi connectivity index (χ2v) is 1.48. The average molecular weight is 240 g/mol. The van der Waals surface area contributed by atoms with Gasteiger partial charge in [-0.05, 0) is 0 Å². The maximum Gasteiger partial charge on any atom is 0.188 e. The molecule has 0 heterocycles. The molecule has 0 amide bonds. The van der Waals surface area contributed by atoms with Crippen LogP contribution in [-0.2, 0) is 47.0 Å². The van der Waals surface area contributed by atoms with Crippen LogP contribution in [0.15, 0.2) is 0 Å². The summed E-state index contributed by atoms with van der Waals surface area (Å²) in [6.45, 7) is 0.384. The third-order valence-electron chi connectivity index (χ3n) is 0.779. The Morgan fingerprint density at radius 2 is 1.55 bits per heavy atom. The second kappa shape index (κ2) is 13.5.